The molecule has 2 amide bonds. The molecule has 1 aromatic rings. The number of para-hydroxylation sites is 1. The molecule has 2 atom stereocenters. The van der Waals surface area contributed by atoms with Crippen LogP contribution in [0.4, 0.5) is 10.5 Å². The number of likely N-dealkylation sites (tertiary alicyclic amines) is 1. The van der Waals surface area contributed by atoms with Crippen LogP contribution < -0.4 is 5.32 Å². The molecule has 1 aromatic carbocycles. The molecule has 0 radical (unpaired) electrons. The predicted octanol–water partition coefficient (Wildman–Crippen LogP) is 2.17. The number of hydrogen-bond acceptors (Lipinski definition) is 1. The molecule has 0 spiro atoms. The first-order valence-electron chi connectivity index (χ1n) is 5.44. The van der Waals surface area contributed by atoms with Gasteiger partial charge < -0.3 is 10.2 Å². The van der Waals surface area contributed by atoms with Crippen molar-refractivity contribution in [3.8, 4) is 0 Å². The first-order chi connectivity index (χ1) is 7.33. The fraction of sp³-hybridized carbons (Fsp3) is 0.417. The lowest BCUT2D eigenvalue weighted by molar-refractivity contribution is 0.217. The monoisotopic (exact) mass is 202 g/mol. The molecule has 2 unspecified atom stereocenters. The molecule has 0 bridgehead atoms. The van der Waals surface area contributed by atoms with Gasteiger partial charge in [-0.3, -0.25) is 0 Å². The summed E-state index contributed by atoms with van der Waals surface area (Å²) in [6.45, 7) is 1.90. The lowest BCUT2D eigenvalue weighted by Crippen LogP contribution is -2.34. The van der Waals surface area contributed by atoms with Crippen LogP contribution in [-0.4, -0.2) is 24.0 Å². The normalized spacial score (nSPS) is 27.3. The van der Waals surface area contributed by atoms with Crippen molar-refractivity contribution in [1.82, 2.24) is 4.90 Å². The predicted molar refractivity (Wildman–Crippen MR) is 58.6 cm³/mol. The lowest BCUT2D eigenvalue weighted by Gasteiger charge is -2.18. The molecule has 1 saturated heterocycles. The number of hydrogen-bond donors (Lipinski definition) is 1. The Hall–Kier alpha value is -1.51. The second-order valence-electron chi connectivity index (χ2n) is 4.46. The number of carbonyl (C=O) groups is 1. The highest BCUT2D eigenvalue weighted by Gasteiger charge is 2.46. The molecule has 1 N–H and O–H groups in total. The van der Waals surface area contributed by atoms with Crippen LogP contribution >= 0.6 is 0 Å². The second-order valence-corrected chi connectivity index (χ2v) is 4.46. The minimum absolute atomic E-state index is 0.0494. The van der Waals surface area contributed by atoms with Crippen LogP contribution in [-0.2, 0) is 0 Å². The van der Waals surface area contributed by atoms with Crippen molar-refractivity contribution in [2.75, 3.05) is 18.4 Å². The van der Waals surface area contributed by atoms with Gasteiger partial charge in [-0.25, -0.2) is 4.79 Å². The number of carbonyl (C=O) groups excluding carboxylic acids is 1. The average Bonchev–Trinajstić information content (AvgIpc) is 2.87. The molecule has 1 saturated carbocycles. The standard InChI is InChI=1S/C12H14N2O/c15-12(13-11-4-2-1-3-5-11)14-7-9-6-10(9)8-14/h1-5,9-10H,6-8H2,(H,13,15). The van der Waals surface area contributed by atoms with Crippen molar-refractivity contribution in [3.05, 3.63) is 30.3 Å². The molecule has 78 valence electrons. The second kappa shape index (κ2) is 3.26. The van der Waals surface area contributed by atoms with E-state index in [1.807, 2.05) is 35.2 Å². The Balaban J connectivity index is 1.61. The van der Waals surface area contributed by atoms with E-state index in [4.69, 9.17) is 0 Å². The topological polar surface area (TPSA) is 32.3 Å². The number of amides is 2. The number of rotatable bonds is 1. The summed E-state index contributed by atoms with van der Waals surface area (Å²) in [5, 5.41) is 2.91. The van der Waals surface area contributed by atoms with Crippen LogP contribution in [0.3, 0.4) is 0 Å². The van der Waals surface area contributed by atoms with Gasteiger partial charge in [0, 0.05) is 18.8 Å². The summed E-state index contributed by atoms with van der Waals surface area (Å²) in [6, 6.07) is 9.67. The number of piperidine rings is 1. The highest BCUT2D eigenvalue weighted by molar-refractivity contribution is 5.89. The van der Waals surface area contributed by atoms with Crippen molar-refractivity contribution < 1.29 is 4.79 Å². The van der Waals surface area contributed by atoms with Crippen LogP contribution in [0.5, 0.6) is 0 Å². The first kappa shape index (κ1) is 8.77. The molecular weight excluding hydrogens is 188 g/mol. The molecule has 3 heteroatoms. The van der Waals surface area contributed by atoms with Gasteiger partial charge in [-0.05, 0) is 30.4 Å². The van der Waals surface area contributed by atoms with E-state index in [1.165, 1.54) is 6.42 Å². The highest BCUT2D eigenvalue weighted by Crippen LogP contribution is 2.44. The number of benzene rings is 1. The Kier molecular flexibility index (Phi) is 1.91. The number of nitrogens with one attached hydrogen (secondary N) is 1. The summed E-state index contributed by atoms with van der Waals surface area (Å²) >= 11 is 0. The zero-order valence-electron chi connectivity index (χ0n) is 8.52. The smallest absolute Gasteiger partial charge is 0.321 e. The van der Waals surface area contributed by atoms with Crippen molar-refractivity contribution in [2.24, 2.45) is 11.8 Å². The van der Waals surface area contributed by atoms with Crippen molar-refractivity contribution in [2.45, 2.75) is 6.42 Å². The molecule has 1 aliphatic carbocycles. The number of anilines is 1. The molecule has 0 aromatic heterocycles. The van der Waals surface area contributed by atoms with E-state index in [0.29, 0.717) is 0 Å². The van der Waals surface area contributed by atoms with Crippen LogP contribution in [0.25, 0.3) is 0 Å². The Morgan fingerprint density at radius 3 is 2.53 bits per heavy atom. The van der Waals surface area contributed by atoms with Crippen LogP contribution in [0, 0.1) is 11.8 Å². The van der Waals surface area contributed by atoms with Crippen molar-refractivity contribution in [3.63, 3.8) is 0 Å². The minimum Gasteiger partial charge on any atom is -0.324 e. The number of fused-ring (bicyclic) bond motifs is 1. The summed E-state index contributed by atoms with van der Waals surface area (Å²) in [6.07, 6.45) is 1.33. The summed E-state index contributed by atoms with van der Waals surface area (Å²) in [5.41, 5.74) is 0.878. The van der Waals surface area contributed by atoms with E-state index in [1.54, 1.807) is 0 Å². The first-order valence-corrected chi connectivity index (χ1v) is 5.44. The molecule has 2 fully saturated rings. The van der Waals surface area contributed by atoms with Gasteiger partial charge in [0.1, 0.15) is 0 Å². The maximum Gasteiger partial charge on any atom is 0.321 e. The van der Waals surface area contributed by atoms with Crippen LogP contribution in [0.15, 0.2) is 30.3 Å². The third kappa shape index (κ3) is 1.69. The zero-order chi connectivity index (χ0) is 10.3. The number of urea groups is 1. The maximum absolute atomic E-state index is 11.8. The lowest BCUT2D eigenvalue weighted by atomic mass is 10.3. The average molecular weight is 202 g/mol. The fourth-order valence-corrected chi connectivity index (χ4v) is 2.29. The summed E-state index contributed by atoms with van der Waals surface area (Å²) < 4.78 is 0. The van der Waals surface area contributed by atoms with Gasteiger partial charge in [-0.15, -0.1) is 0 Å². The van der Waals surface area contributed by atoms with Gasteiger partial charge in [0.25, 0.3) is 0 Å². The quantitative estimate of drug-likeness (QED) is 0.743. The Morgan fingerprint density at radius 1 is 1.20 bits per heavy atom. The van der Waals surface area contributed by atoms with E-state index in [2.05, 4.69) is 5.32 Å². The van der Waals surface area contributed by atoms with Gasteiger partial charge in [0.2, 0.25) is 0 Å². The third-order valence-corrected chi connectivity index (χ3v) is 3.29. The Morgan fingerprint density at radius 2 is 1.87 bits per heavy atom. The van der Waals surface area contributed by atoms with E-state index in [9.17, 15) is 4.79 Å². The summed E-state index contributed by atoms with van der Waals surface area (Å²) in [4.78, 5) is 13.7. The van der Waals surface area contributed by atoms with E-state index >= 15 is 0 Å². The van der Waals surface area contributed by atoms with Crippen molar-refractivity contribution >= 4 is 11.7 Å². The maximum atomic E-state index is 11.8. The fourth-order valence-electron chi connectivity index (χ4n) is 2.29. The van der Waals surface area contributed by atoms with E-state index < -0.39 is 0 Å². The summed E-state index contributed by atoms with van der Waals surface area (Å²) in [7, 11) is 0. The Bertz CT molecular complexity index is 366. The van der Waals surface area contributed by atoms with Gasteiger partial charge in [0.15, 0.2) is 0 Å². The SMILES string of the molecule is O=C(Nc1ccccc1)N1CC2CC2C1. The minimum atomic E-state index is 0.0494. The van der Waals surface area contributed by atoms with Crippen molar-refractivity contribution in [1.29, 1.82) is 0 Å². The molecule has 3 rings (SSSR count). The van der Waals surface area contributed by atoms with Gasteiger partial charge in [-0.1, -0.05) is 18.2 Å². The van der Waals surface area contributed by atoms with Gasteiger partial charge >= 0.3 is 6.03 Å². The largest absolute Gasteiger partial charge is 0.324 e. The van der Waals surface area contributed by atoms with Crippen LogP contribution in [0.1, 0.15) is 6.42 Å². The van der Waals surface area contributed by atoms with Crippen LogP contribution in [0.2, 0.25) is 0 Å². The molecule has 2 aliphatic rings. The third-order valence-electron chi connectivity index (χ3n) is 3.29. The molecular formula is C12H14N2O. The van der Waals surface area contributed by atoms with E-state index in [0.717, 1.165) is 30.6 Å². The zero-order valence-corrected chi connectivity index (χ0v) is 8.52. The van der Waals surface area contributed by atoms with Gasteiger partial charge in [0.05, 0.1) is 0 Å². The number of nitrogens with zero attached hydrogens (tertiary/aromatic N) is 1. The van der Waals surface area contributed by atoms with E-state index in [-0.39, 0.29) is 6.03 Å². The molecule has 3 nitrogen and oxygen atoms in total. The molecule has 15 heavy (non-hydrogen) atoms. The highest BCUT2D eigenvalue weighted by atomic mass is 16.2. The summed E-state index contributed by atoms with van der Waals surface area (Å²) in [5.74, 6) is 1.60. The Labute approximate surface area is 89.1 Å². The van der Waals surface area contributed by atoms with Gasteiger partial charge in [-0.2, -0.15) is 0 Å². The molecule has 1 aliphatic heterocycles. The molecule has 1 heterocycles.